The van der Waals surface area contributed by atoms with Crippen molar-refractivity contribution >= 4 is 28.9 Å². The van der Waals surface area contributed by atoms with Crippen LogP contribution in [-0.4, -0.2) is 0 Å². The molecule has 0 saturated heterocycles. The second-order valence-corrected chi connectivity index (χ2v) is 4.51. The maximum absolute atomic E-state index is 5.90. The summed E-state index contributed by atoms with van der Waals surface area (Å²) < 4.78 is 5.65. The van der Waals surface area contributed by atoms with Crippen LogP contribution in [0.4, 0.5) is 5.69 Å². The molecule has 0 radical (unpaired) electrons. The zero-order valence-corrected chi connectivity index (χ0v) is 10.7. The fourth-order valence-corrected chi connectivity index (χ4v) is 1.68. The molecule has 0 aliphatic carbocycles. The number of halogens is 2. The molecule has 0 aliphatic rings. The Labute approximate surface area is 110 Å². The van der Waals surface area contributed by atoms with E-state index in [0.717, 1.165) is 17.0 Å². The van der Waals surface area contributed by atoms with Gasteiger partial charge in [-0.05, 0) is 42.8 Å². The monoisotopic (exact) mass is 267 g/mol. The summed E-state index contributed by atoms with van der Waals surface area (Å²) in [6.07, 6.45) is 0. The molecule has 17 heavy (non-hydrogen) atoms. The summed E-state index contributed by atoms with van der Waals surface area (Å²) in [5.74, 6) is 1.36. The molecule has 0 spiro atoms. The van der Waals surface area contributed by atoms with Crippen molar-refractivity contribution in [2.45, 2.75) is 6.92 Å². The zero-order valence-electron chi connectivity index (χ0n) is 9.21. The molecule has 4 heteroatoms. The summed E-state index contributed by atoms with van der Waals surface area (Å²) in [5.41, 5.74) is 7.45. The number of aryl methyl sites for hydroxylation is 1. The molecule has 2 aromatic rings. The van der Waals surface area contributed by atoms with E-state index in [1.165, 1.54) is 0 Å². The van der Waals surface area contributed by atoms with E-state index >= 15 is 0 Å². The highest BCUT2D eigenvalue weighted by atomic mass is 35.5. The molecule has 0 aliphatic heterocycles. The Kier molecular flexibility index (Phi) is 3.46. The lowest BCUT2D eigenvalue weighted by atomic mass is 10.2. The van der Waals surface area contributed by atoms with Crippen molar-refractivity contribution in [2.24, 2.45) is 0 Å². The van der Waals surface area contributed by atoms with Crippen molar-refractivity contribution in [1.29, 1.82) is 0 Å². The van der Waals surface area contributed by atoms with Gasteiger partial charge in [0.2, 0.25) is 0 Å². The molecule has 0 aromatic heterocycles. The van der Waals surface area contributed by atoms with Gasteiger partial charge in [-0.1, -0.05) is 23.2 Å². The number of nitrogen functional groups attached to an aromatic ring is 1. The maximum Gasteiger partial charge on any atom is 0.129 e. The standard InChI is InChI=1S/C13H11Cl2NO/c1-8-6-9(3-5-13(8)16)17-10-2-4-11(14)12(15)7-10/h2-7H,16H2,1H3. The van der Waals surface area contributed by atoms with Crippen molar-refractivity contribution in [3.8, 4) is 11.5 Å². The summed E-state index contributed by atoms with van der Waals surface area (Å²) in [6.45, 7) is 1.93. The lowest BCUT2D eigenvalue weighted by Gasteiger charge is -2.08. The van der Waals surface area contributed by atoms with Gasteiger partial charge in [-0.25, -0.2) is 0 Å². The average Bonchev–Trinajstić information content (AvgIpc) is 2.29. The lowest BCUT2D eigenvalue weighted by Crippen LogP contribution is -1.90. The third kappa shape index (κ3) is 2.84. The first-order chi connectivity index (χ1) is 8.06. The van der Waals surface area contributed by atoms with E-state index < -0.39 is 0 Å². The van der Waals surface area contributed by atoms with Crippen LogP contribution < -0.4 is 10.5 Å². The van der Waals surface area contributed by atoms with E-state index in [9.17, 15) is 0 Å². The predicted molar refractivity (Wildman–Crippen MR) is 72.1 cm³/mol. The van der Waals surface area contributed by atoms with Gasteiger partial charge in [-0.15, -0.1) is 0 Å². The number of rotatable bonds is 2. The number of nitrogens with two attached hydrogens (primary N) is 1. The summed E-state index contributed by atoms with van der Waals surface area (Å²) in [7, 11) is 0. The Hall–Kier alpha value is -1.38. The molecule has 0 amide bonds. The minimum atomic E-state index is 0.469. The van der Waals surface area contributed by atoms with Crippen LogP contribution >= 0.6 is 23.2 Å². The van der Waals surface area contributed by atoms with Gasteiger partial charge in [0.1, 0.15) is 11.5 Å². The quantitative estimate of drug-likeness (QED) is 0.803. The summed E-state index contributed by atoms with van der Waals surface area (Å²) in [4.78, 5) is 0. The number of ether oxygens (including phenoxy) is 1. The van der Waals surface area contributed by atoms with E-state index in [1.807, 2.05) is 25.1 Å². The van der Waals surface area contributed by atoms with E-state index in [0.29, 0.717) is 15.8 Å². The Balaban J connectivity index is 2.25. The Morgan fingerprint density at radius 3 is 2.24 bits per heavy atom. The van der Waals surface area contributed by atoms with Crippen molar-refractivity contribution in [3.05, 3.63) is 52.0 Å². The molecule has 2 nitrogen and oxygen atoms in total. The predicted octanol–water partition coefficient (Wildman–Crippen LogP) is 4.68. The third-order valence-electron chi connectivity index (χ3n) is 2.37. The first kappa shape index (κ1) is 12.1. The van der Waals surface area contributed by atoms with E-state index in [-0.39, 0.29) is 0 Å². The van der Waals surface area contributed by atoms with E-state index in [2.05, 4.69) is 0 Å². The van der Waals surface area contributed by atoms with E-state index in [1.54, 1.807) is 18.2 Å². The number of benzene rings is 2. The fraction of sp³-hybridized carbons (Fsp3) is 0.0769. The molecule has 0 bridgehead atoms. The van der Waals surface area contributed by atoms with Crippen LogP contribution in [0.3, 0.4) is 0 Å². The summed E-state index contributed by atoms with van der Waals surface area (Å²) in [6, 6.07) is 10.6. The third-order valence-corrected chi connectivity index (χ3v) is 3.11. The smallest absolute Gasteiger partial charge is 0.129 e. The topological polar surface area (TPSA) is 35.2 Å². The van der Waals surface area contributed by atoms with Gasteiger partial charge in [0, 0.05) is 11.8 Å². The normalized spacial score (nSPS) is 10.3. The van der Waals surface area contributed by atoms with Crippen LogP contribution in [0.5, 0.6) is 11.5 Å². The van der Waals surface area contributed by atoms with Gasteiger partial charge in [0.05, 0.1) is 10.0 Å². The zero-order chi connectivity index (χ0) is 12.4. The van der Waals surface area contributed by atoms with Crippen LogP contribution in [0.2, 0.25) is 10.0 Å². The Bertz CT molecular complexity index is 506. The Morgan fingerprint density at radius 1 is 0.941 bits per heavy atom. The highest BCUT2D eigenvalue weighted by Crippen LogP contribution is 2.30. The molecule has 0 saturated carbocycles. The van der Waals surface area contributed by atoms with Gasteiger partial charge >= 0.3 is 0 Å². The van der Waals surface area contributed by atoms with Crippen molar-refractivity contribution in [1.82, 2.24) is 0 Å². The minimum Gasteiger partial charge on any atom is -0.457 e. The molecule has 0 atom stereocenters. The van der Waals surface area contributed by atoms with Crippen LogP contribution in [0, 0.1) is 6.92 Å². The van der Waals surface area contributed by atoms with Crippen LogP contribution in [0.1, 0.15) is 5.56 Å². The maximum atomic E-state index is 5.90. The SMILES string of the molecule is Cc1cc(Oc2ccc(Cl)c(Cl)c2)ccc1N. The molecule has 2 N–H and O–H groups in total. The molecular weight excluding hydrogens is 257 g/mol. The molecule has 0 heterocycles. The molecule has 0 unspecified atom stereocenters. The highest BCUT2D eigenvalue weighted by molar-refractivity contribution is 6.42. The summed E-state index contributed by atoms with van der Waals surface area (Å²) >= 11 is 11.7. The molecule has 2 rings (SSSR count). The molecular formula is C13H11Cl2NO. The van der Waals surface area contributed by atoms with Gasteiger partial charge in [-0.2, -0.15) is 0 Å². The molecule has 2 aromatic carbocycles. The van der Waals surface area contributed by atoms with Crippen molar-refractivity contribution in [2.75, 3.05) is 5.73 Å². The van der Waals surface area contributed by atoms with Gasteiger partial charge < -0.3 is 10.5 Å². The first-order valence-corrected chi connectivity index (χ1v) is 5.81. The number of hydrogen-bond acceptors (Lipinski definition) is 2. The minimum absolute atomic E-state index is 0.469. The summed E-state index contributed by atoms with van der Waals surface area (Å²) in [5, 5.41) is 0.976. The second-order valence-electron chi connectivity index (χ2n) is 3.70. The van der Waals surface area contributed by atoms with Crippen LogP contribution in [0.25, 0.3) is 0 Å². The van der Waals surface area contributed by atoms with Gasteiger partial charge in [0.25, 0.3) is 0 Å². The van der Waals surface area contributed by atoms with Crippen molar-refractivity contribution < 1.29 is 4.74 Å². The highest BCUT2D eigenvalue weighted by Gasteiger charge is 2.03. The number of anilines is 1. The van der Waals surface area contributed by atoms with Crippen LogP contribution in [-0.2, 0) is 0 Å². The first-order valence-electron chi connectivity index (χ1n) is 5.05. The largest absolute Gasteiger partial charge is 0.457 e. The van der Waals surface area contributed by atoms with Gasteiger partial charge in [0.15, 0.2) is 0 Å². The lowest BCUT2D eigenvalue weighted by molar-refractivity contribution is 0.482. The van der Waals surface area contributed by atoms with E-state index in [4.69, 9.17) is 33.7 Å². The molecule has 88 valence electrons. The second kappa shape index (κ2) is 4.86. The number of hydrogen-bond donors (Lipinski definition) is 1. The Morgan fingerprint density at radius 2 is 1.59 bits per heavy atom. The van der Waals surface area contributed by atoms with Crippen LogP contribution in [0.15, 0.2) is 36.4 Å². The fourth-order valence-electron chi connectivity index (χ4n) is 1.39. The average molecular weight is 268 g/mol. The van der Waals surface area contributed by atoms with Crippen molar-refractivity contribution in [3.63, 3.8) is 0 Å². The molecule has 0 fully saturated rings. The van der Waals surface area contributed by atoms with Gasteiger partial charge in [-0.3, -0.25) is 0 Å².